The van der Waals surface area contributed by atoms with Crippen LogP contribution in [0.25, 0.3) is 0 Å². The molecule has 0 aliphatic carbocycles. The zero-order chi connectivity index (χ0) is 20.6. The second kappa shape index (κ2) is 9.87. The third kappa shape index (κ3) is 5.91. The lowest BCUT2D eigenvalue weighted by Gasteiger charge is -2.31. The van der Waals surface area contributed by atoms with Crippen LogP contribution in [0.15, 0.2) is 54.6 Å². The number of aromatic carboxylic acids is 1. The number of rotatable bonds is 7. The summed E-state index contributed by atoms with van der Waals surface area (Å²) in [4.78, 5) is 37.6. The van der Waals surface area contributed by atoms with Gasteiger partial charge in [-0.2, -0.15) is 0 Å². The molecule has 0 spiro atoms. The molecule has 3 rings (SSSR count). The van der Waals surface area contributed by atoms with Crippen molar-refractivity contribution in [2.45, 2.75) is 32.2 Å². The number of aryl methyl sites for hydroxylation is 1. The fourth-order valence-corrected chi connectivity index (χ4v) is 3.54. The predicted molar refractivity (Wildman–Crippen MR) is 109 cm³/mol. The number of hydrogen-bond donors (Lipinski definition) is 2. The van der Waals surface area contributed by atoms with Crippen molar-refractivity contribution in [1.82, 2.24) is 10.2 Å². The molecule has 2 amide bonds. The SMILES string of the molecule is O=C(O)c1ccc(CNC(=O)C2CCN(C(=O)CCc3ccccc3)CC2)cc1. The second-order valence-corrected chi connectivity index (χ2v) is 7.36. The topological polar surface area (TPSA) is 86.7 Å². The maximum atomic E-state index is 12.4. The maximum absolute atomic E-state index is 12.4. The summed E-state index contributed by atoms with van der Waals surface area (Å²) in [6.45, 7) is 1.59. The molecule has 0 unspecified atom stereocenters. The normalized spacial score (nSPS) is 14.4. The summed E-state index contributed by atoms with van der Waals surface area (Å²) in [7, 11) is 0. The molecular formula is C23H26N2O4. The lowest BCUT2D eigenvalue weighted by Crippen LogP contribution is -2.43. The molecule has 152 valence electrons. The van der Waals surface area contributed by atoms with Gasteiger partial charge in [-0.25, -0.2) is 4.79 Å². The van der Waals surface area contributed by atoms with Gasteiger partial charge in [0.05, 0.1) is 5.56 Å². The van der Waals surface area contributed by atoms with E-state index >= 15 is 0 Å². The first-order chi connectivity index (χ1) is 14.0. The number of nitrogens with zero attached hydrogens (tertiary/aromatic N) is 1. The maximum Gasteiger partial charge on any atom is 0.335 e. The van der Waals surface area contributed by atoms with Crippen LogP contribution in [0.5, 0.6) is 0 Å². The number of carboxylic acid groups (broad SMARTS) is 1. The van der Waals surface area contributed by atoms with Gasteiger partial charge in [0.15, 0.2) is 0 Å². The number of piperidine rings is 1. The van der Waals surface area contributed by atoms with Crippen molar-refractivity contribution in [3.05, 3.63) is 71.3 Å². The number of likely N-dealkylation sites (tertiary alicyclic amines) is 1. The highest BCUT2D eigenvalue weighted by Gasteiger charge is 2.26. The summed E-state index contributed by atoms with van der Waals surface area (Å²) >= 11 is 0. The average Bonchev–Trinajstić information content (AvgIpc) is 2.77. The Morgan fingerprint density at radius 2 is 1.59 bits per heavy atom. The minimum absolute atomic E-state index is 0.0105. The summed E-state index contributed by atoms with van der Waals surface area (Å²) in [5.74, 6) is -0.924. The highest BCUT2D eigenvalue weighted by atomic mass is 16.4. The highest BCUT2D eigenvalue weighted by Crippen LogP contribution is 2.19. The Bertz CT molecular complexity index is 841. The molecule has 2 aromatic rings. The van der Waals surface area contributed by atoms with Gasteiger partial charge in [0.2, 0.25) is 11.8 Å². The van der Waals surface area contributed by atoms with E-state index in [2.05, 4.69) is 5.32 Å². The van der Waals surface area contributed by atoms with Gasteiger partial charge >= 0.3 is 5.97 Å². The molecule has 1 aliphatic heterocycles. The molecule has 2 N–H and O–H groups in total. The first-order valence-corrected chi connectivity index (χ1v) is 9.94. The minimum atomic E-state index is -0.967. The first-order valence-electron chi connectivity index (χ1n) is 9.94. The van der Waals surface area contributed by atoms with Crippen LogP contribution in [0.2, 0.25) is 0 Å². The van der Waals surface area contributed by atoms with Crippen LogP contribution in [0.3, 0.4) is 0 Å². The Morgan fingerprint density at radius 3 is 2.21 bits per heavy atom. The van der Waals surface area contributed by atoms with Crippen LogP contribution in [-0.4, -0.2) is 40.9 Å². The van der Waals surface area contributed by atoms with Gasteiger partial charge in [-0.15, -0.1) is 0 Å². The number of carboxylic acids is 1. The summed E-state index contributed by atoms with van der Waals surface area (Å²) in [5, 5.41) is 11.8. The van der Waals surface area contributed by atoms with Crippen molar-refractivity contribution in [3.8, 4) is 0 Å². The van der Waals surface area contributed by atoms with E-state index in [4.69, 9.17) is 5.11 Å². The molecular weight excluding hydrogens is 368 g/mol. The molecule has 1 heterocycles. The molecule has 1 saturated heterocycles. The summed E-state index contributed by atoms with van der Waals surface area (Å²) in [6.07, 6.45) is 2.57. The lowest BCUT2D eigenvalue weighted by atomic mass is 9.95. The quantitative estimate of drug-likeness (QED) is 0.756. The van der Waals surface area contributed by atoms with Crippen molar-refractivity contribution in [2.75, 3.05) is 13.1 Å². The number of nitrogens with one attached hydrogen (secondary N) is 1. The largest absolute Gasteiger partial charge is 0.478 e. The molecule has 0 saturated carbocycles. The number of amides is 2. The summed E-state index contributed by atoms with van der Waals surface area (Å²) in [6, 6.07) is 16.4. The molecule has 29 heavy (non-hydrogen) atoms. The van der Waals surface area contributed by atoms with E-state index in [1.165, 1.54) is 12.1 Å². The summed E-state index contributed by atoms with van der Waals surface area (Å²) in [5.41, 5.74) is 2.24. The molecule has 6 heteroatoms. The van der Waals surface area contributed by atoms with Gasteiger partial charge in [-0.1, -0.05) is 42.5 Å². The zero-order valence-corrected chi connectivity index (χ0v) is 16.3. The van der Waals surface area contributed by atoms with E-state index in [9.17, 15) is 14.4 Å². The number of benzene rings is 2. The van der Waals surface area contributed by atoms with Gasteiger partial charge < -0.3 is 15.3 Å². The number of carbonyl (C=O) groups is 3. The van der Waals surface area contributed by atoms with Gasteiger partial charge in [-0.05, 0) is 42.5 Å². The van der Waals surface area contributed by atoms with Crippen LogP contribution in [0.1, 0.15) is 40.7 Å². The van der Waals surface area contributed by atoms with Gasteiger partial charge in [0.1, 0.15) is 0 Å². The summed E-state index contributed by atoms with van der Waals surface area (Å²) < 4.78 is 0. The number of hydrogen-bond acceptors (Lipinski definition) is 3. The molecule has 1 fully saturated rings. The van der Waals surface area contributed by atoms with Crippen molar-refractivity contribution >= 4 is 17.8 Å². The van der Waals surface area contributed by atoms with E-state index in [1.54, 1.807) is 12.1 Å². The monoisotopic (exact) mass is 394 g/mol. The van der Waals surface area contributed by atoms with Crippen LogP contribution < -0.4 is 5.32 Å². The zero-order valence-electron chi connectivity index (χ0n) is 16.3. The van der Waals surface area contributed by atoms with Gasteiger partial charge in [0.25, 0.3) is 0 Å². The highest BCUT2D eigenvalue weighted by molar-refractivity contribution is 5.87. The molecule has 0 atom stereocenters. The smallest absolute Gasteiger partial charge is 0.335 e. The Hall–Kier alpha value is -3.15. The predicted octanol–water partition coefficient (Wildman–Crippen LogP) is 2.87. The Labute approximate surface area is 170 Å². The fourth-order valence-electron chi connectivity index (χ4n) is 3.54. The van der Waals surface area contributed by atoms with Crippen molar-refractivity contribution < 1.29 is 19.5 Å². The number of carbonyl (C=O) groups excluding carboxylic acids is 2. The lowest BCUT2D eigenvalue weighted by molar-refractivity contribution is -0.135. The molecule has 1 aliphatic rings. The Kier molecular flexibility index (Phi) is 7.00. The Morgan fingerprint density at radius 1 is 0.931 bits per heavy atom. The minimum Gasteiger partial charge on any atom is -0.478 e. The third-order valence-electron chi connectivity index (χ3n) is 5.36. The Balaban J connectivity index is 1.39. The van der Waals surface area contributed by atoms with Gasteiger partial charge in [-0.3, -0.25) is 9.59 Å². The fraction of sp³-hybridized carbons (Fsp3) is 0.348. The van der Waals surface area contributed by atoms with E-state index < -0.39 is 5.97 Å². The molecule has 0 bridgehead atoms. The van der Waals surface area contributed by atoms with Crippen molar-refractivity contribution in [1.29, 1.82) is 0 Å². The molecule has 0 radical (unpaired) electrons. The van der Waals surface area contributed by atoms with E-state index in [0.717, 1.165) is 17.5 Å². The van der Waals surface area contributed by atoms with Crippen LogP contribution in [0.4, 0.5) is 0 Å². The molecule has 0 aromatic heterocycles. The van der Waals surface area contributed by atoms with Crippen LogP contribution in [0, 0.1) is 5.92 Å². The van der Waals surface area contributed by atoms with E-state index in [0.29, 0.717) is 38.9 Å². The second-order valence-electron chi connectivity index (χ2n) is 7.36. The van der Waals surface area contributed by atoms with E-state index in [1.807, 2.05) is 35.2 Å². The average molecular weight is 394 g/mol. The first kappa shape index (κ1) is 20.6. The standard InChI is InChI=1S/C23H26N2O4/c26-21(11-8-17-4-2-1-3-5-17)25-14-12-19(13-15-25)22(27)24-16-18-6-9-20(10-7-18)23(28)29/h1-7,9-10,19H,8,11-16H2,(H,24,27)(H,28,29). The third-order valence-corrected chi connectivity index (χ3v) is 5.36. The van der Waals surface area contributed by atoms with E-state index in [-0.39, 0.29) is 23.3 Å². The van der Waals surface area contributed by atoms with Crippen LogP contribution >= 0.6 is 0 Å². The van der Waals surface area contributed by atoms with Gasteiger partial charge in [0, 0.05) is 32.0 Å². The molecule has 2 aromatic carbocycles. The molecule has 6 nitrogen and oxygen atoms in total. The van der Waals surface area contributed by atoms with Crippen molar-refractivity contribution in [3.63, 3.8) is 0 Å². The van der Waals surface area contributed by atoms with Crippen LogP contribution in [-0.2, 0) is 22.6 Å². The van der Waals surface area contributed by atoms with Crippen molar-refractivity contribution in [2.24, 2.45) is 5.92 Å².